The summed E-state index contributed by atoms with van der Waals surface area (Å²) >= 11 is 0. The highest BCUT2D eigenvalue weighted by Crippen LogP contribution is 2.31. The summed E-state index contributed by atoms with van der Waals surface area (Å²) < 4.78 is 11.1. The molecule has 6 heteroatoms. The van der Waals surface area contributed by atoms with Gasteiger partial charge in [0.1, 0.15) is 13.2 Å². The van der Waals surface area contributed by atoms with Crippen molar-refractivity contribution >= 4 is 17.5 Å². The second-order valence-corrected chi connectivity index (χ2v) is 7.46. The van der Waals surface area contributed by atoms with Crippen LogP contribution in [0.1, 0.15) is 41.6 Å². The van der Waals surface area contributed by atoms with Crippen LogP contribution in [0.4, 0.5) is 5.69 Å². The van der Waals surface area contributed by atoms with E-state index in [4.69, 9.17) is 9.47 Å². The number of hydrogen-bond donors (Lipinski definition) is 1. The average Bonchev–Trinajstić information content (AvgIpc) is 3.28. The Bertz CT molecular complexity index is 890. The average molecular weight is 394 g/mol. The van der Waals surface area contributed by atoms with E-state index in [9.17, 15) is 9.59 Å². The lowest BCUT2D eigenvalue weighted by Crippen LogP contribution is -2.27. The number of benzene rings is 2. The molecule has 2 heterocycles. The SMILES string of the molecule is O=C(CCCc1ccc2c(c1)OCCO2)Nc1cccc(C(=O)N2CCCC2)c1. The van der Waals surface area contributed by atoms with E-state index in [-0.39, 0.29) is 11.8 Å². The van der Waals surface area contributed by atoms with Crippen molar-refractivity contribution in [2.24, 2.45) is 0 Å². The predicted molar refractivity (Wildman–Crippen MR) is 111 cm³/mol. The molecule has 0 aromatic heterocycles. The first-order valence-corrected chi connectivity index (χ1v) is 10.3. The van der Waals surface area contributed by atoms with Crippen LogP contribution in [0.3, 0.4) is 0 Å². The number of aryl methyl sites for hydroxylation is 1. The number of fused-ring (bicyclic) bond motifs is 1. The second kappa shape index (κ2) is 8.99. The van der Waals surface area contributed by atoms with Crippen molar-refractivity contribution in [1.82, 2.24) is 4.90 Å². The second-order valence-electron chi connectivity index (χ2n) is 7.46. The zero-order valence-electron chi connectivity index (χ0n) is 16.5. The molecule has 1 N–H and O–H groups in total. The van der Waals surface area contributed by atoms with E-state index in [0.717, 1.165) is 55.8 Å². The van der Waals surface area contributed by atoms with Crippen molar-refractivity contribution in [3.63, 3.8) is 0 Å². The normalized spacial score (nSPS) is 15.2. The smallest absolute Gasteiger partial charge is 0.253 e. The van der Waals surface area contributed by atoms with E-state index in [1.807, 2.05) is 35.2 Å². The Labute approximate surface area is 170 Å². The molecule has 2 amide bonds. The molecule has 0 bridgehead atoms. The topological polar surface area (TPSA) is 67.9 Å². The molecule has 0 spiro atoms. The Morgan fingerprint density at radius 2 is 1.76 bits per heavy atom. The quantitative estimate of drug-likeness (QED) is 0.812. The third-order valence-electron chi connectivity index (χ3n) is 5.26. The summed E-state index contributed by atoms with van der Waals surface area (Å²) in [5, 5.41) is 2.91. The van der Waals surface area contributed by atoms with E-state index in [1.54, 1.807) is 12.1 Å². The molecule has 29 heavy (non-hydrogen) atoms. The number of nitrogens with one attached hydrogen (secondary N) is 1. The van der Waals surface area contributed by atoms with Crippen LogP contribution in [0.25, 0.3) is 0 Å². The highest BCUT2D eigenvalue weighted by molar-refractivity contribution is 5.97. The summed E-state index contributed by atoms with van der Waals surface area (Å²) in [6, 6.07) is 13.1. The summed E-state index contributed by atoms with van der Waals surface area (Å²) in [5.41, 5.74) is 2.42. The van der Waals surface area contributed by atoms with Gasteiger partial charge in [-0.15, -0.1) is 0 Å². The zero-order chi connectivity index (χ0) is 20.1. The molecule has 152 valence electrons. The molecule has 2 aliphatic rings. The molecule has 1 saturated heterocycles. The van der Waals surface area contributed by atoms with Gasteiger partial charge < -0.3 is 19.7 Å². The molecule has 6 nitrogen and oxygen atoms in total. The van der Waals surface area contributed by atoms with Crippen LogP contribution in [0.15, 0.2) is 42.5 Å². The fourth-order valence-corrected chi connectivity index (χ4v) is 3.75. The van der Waals surface area contributed by atoms with Gasteiger partial charge in [-0.1, -0.05) is 12.1 Å². The van der Waals surface area contributed by atoms with E-state index < -0.39 is 0 Å². The number of nitrogens with zero attached hydrogens (tertiary/aromatic N) is 1. The largest absolute Gasteiger partial charge is 0.486 e. The van der Waals surface area contributed by atoms with Gasteiger partial charge in [0, 0.05) is 30.8 Å². The molecule has 0 atom stereocenters. The number of carbonyl (C=O) groups excluding carboxylic acids is 2. The van der Waals surface area contributed by atoms with Crippen molar-refractivity contribution in [2.45, 2.75) is 32.1 Å². The molecule has 2 aromatic carbocycles. The zero-order valence-corrected chi connectivity index (χ0v) is 16.5. The van der Waals surface area contributed by atoms with Crippen LogP contribution in [0, 0.1) is 0 Å². The Hall–Kier alpha value is -3.02. The maximum atomic E-state index is 12.5. The van der Waals surface area contributed by atoms with Crippen LogP contribution in [-0.2, 0) is 11.2 Å². The summed E-state index contributed by atoms with van der Waals surface area (Å²) in [6.45, 7) is 2.78. The van der Waals surface area contributed by atoms with Crippen LogP contribution >= 0.6 is 0 Å². The minimum atomic E-state index is -0.0479. The van der Waals surface area contributed by atoms with Gasteiger partial charge in [-0.2, -0.15) is 0 Å². The maximum Gasteiger partial charge on any atom is 0.253 e. The molecule has 0 radical (unpaired) electrons. The van der Waals surface area contributed by atoms with E-state index in [2.05, 4.69) is 5.32 Å². The lowest BCUT2D eigenvalue weighted by Gasteiger charge is -2.18. The Morgan fingerprint density at radius 3 is 2.59 bits per heavy atom. The van der Waals surface area contributed by atoms with Gasteiger partial charge in [0.05, 0.1) is 0 Å². The number of likely N-dealkylation sites (tertiary alicyclic amines) is 1. The number of anilines is 1. The highest BCUT2D eigenvalue weighted by Gasteiger charge is 2.19. The van der Waals surface area contributed by atoms with Crippen molar-refractivity contribution in [1.29, 1.82) is 0 Å². The lowest BCUT2D eigenvalue weighted by molar-refractivity contribution is -0.116. The minimum absolute atomic E-state index is 0.0391. The number of rotatable bonds is 6. The first-order chi connectivity index (χ1) is 14.2. The Morgan fingerprint density at radius 1 is 0.966 bits per heavy atom. The molecule has 2 aromatic rings. The third kappa shape index (κ3) is 4.88. The standard InChI is InChI=1S/C23H26N2O4/c26-22(8-3-5-17-9-10-20-21(15-17)29-14-13-28-20)24-19-7-4-6-18(16-19)23(27)25-11-1-2-12-25/h4,6-7,9-10,15-16H,1-3,5,8,11-14H2,(H,24,26). The maximum absolute atomic E-state index is 12.5. The number of amides is 2. The Kier molecular flexibility index (Phi) is 5.98. The molecular weight excluding hydrogens is 368 g/mol. The van der Waals surface area contributed by atoms with Crippen molar-refractivity contribution in [3.8, 4) is 11.5 Å². The summed E-state index contributed by atoms with van der Waals surface area (Å²) in [7, 11) is 0. The summed E-state index contributed by atoms with van der Waals surface area (Å²) in [6.07, 6.45) is 4.06. The van der Waals surface area contributed by atoms with Crippen molar-refractivity contribution in [2.75, 3.05) is 31.6 Å². The number of hydrogen-bond acceptors (Lipinski definition) is 4. The first-order valence-electron chi connectivity index (χ1n) is 10.3. The van der Waals surface area contributed by atoms with Gasteiger partial charge in [-0.05, 0) is 61.6 Å². The van der Waals surface area contributed by atoms with Crippen LogP contribution < -0.4 is 14.8 Å². The van der Waals surface area contributed by atoms with Gasteiger partial charge in [0.15, 0.2) is 11.5 Å². The Balaban J connectivity index is 1.27. The molecule has 1 fully saturated rings. The molecule has 0 unspecified atom stereocenters. The van der Waals surface area contributed by atoms with Gasteiger partial charge >= 0.3 is 0 Å². The minimum Gasteiger partial charge on any atom is -0.486 e. The summed E-state index contributed by atoms with van der Waals surface area (Å²) in [4.78, 5) is 26.7. The lowest BCUT2D eigenvalue weighted by atomic mass is 10.1. The van der Waals surface area contributed by atoms with E-state index in [1.165, 1.54) is 0 Å². The molecule has 4 rings (SSSR count). The fraction of sp³-hybridized carbons (Fsp3) is 0.391. The number of ether oxygens (including phenoxy) is 2. The molecule has 0 saturated carbocycles. The van der Waals surface area contributed by atoms with Crippen LogP contribution in [0.2, 0.25) is 0 Å². The van der Waals surface area contributed by atoms with E-state index in [0.29, 0.717) is 30.9 Å². The van der Waals surface area contributed by atoms with E-state index >= 15 is 0 Å². The first kappa shape index (κ1) is 19.3. The summed E-state index contributed by atoms with van der Waals surface area (Å²) in [5.74, 6) is 1.55. The third-order valence-corrected chi connectivity index (χ3v) is 5.26. The van der Waals surface area contributed by atoms with Gasteiger partial charge in [0.25, 0.3) is 5.91 Å². The van der Waals surface area contributed by atoms with Crippen molar-refractivity contribution in [3.05, 3.63) is 53.6 Å². The van der Waals surface area contributed by atoms with Gasteiger partial charge in [-0.25, -0.2) is 0 Å². The molecule has 2 aliphatic heterocycles. The predicted octanol–water partition coefficient (Wildman–Crippen LogP) is 3.66. The molecular formula is C23H26N2O4. The monoisotopic (exact) mass is 394 g/mol. The highest BCUT2D eigenvalue weighted by atomic mass is 16.6. The van der Waals surface area contributed by atoms with Crippen molar-refractivity contribution < 1.29 is 19.1 Å². The van der Waals surface area contributed by atoms with Gasteiger partial charge in [0.2, 0.25) is 5.91 Å². The van der Waals surface area contributed by atoms with Crippen LogP contribution in [-0.4, -0.2) is 43.0 Å². The van der Waals surface area contributed by atoms with Crippen LogP contribution in [0.5, 0.6) is 11.5 Å². The molecule has 0 aliphatic carbocycles. The van der Waals surface area contributed by atoms with Gasteiger partial charge in [-0.3, -0.25) is 9.59 Å². The number of carbonyl (C=O) groups is 2. The fourth-order valence-electron chi connectivity index (χ4n) is 3.75.